The van der Waals surface area contributed by atoms with Gasteiger partial charge < -0.3 is 9.64 Å². The number of unbranched alkanes of at least 4 members (excludes halogenated alkanes) is 6. The Morgan fingerprint density at radius 1 is 0.923 bits per heavy atom. The molecule has 2 amide bonds. The Balaban J connectivity index is 1.16. The summed E-state index contributed by atoms with van der Waals surface area (Å²) in [4.78, 5) is 49.9. The molecule has 8 nitrogen and oxygen atoms in total. The van der Waals surface area contributed by atoms with Crippen LogP contribution in [0, 0.1) is 23.7 Å². The first-order valence-corrected chi connectivity index (χ1v) is 15.2. The molecule has 8 heteroatoms. The fourth-order valence-electron chi connectivity index (χ4n) is 6.94. The van der Waals surface area contributed by atoms with Crippen LogP contribution in [0.5, 0.6) is 0 Å². The Morgan fingerprint density at radius 3 is 2.23 bits per heavy atom. The summed E-state index contributed by atoms with van der Waals surface area (Å²) in [5.74, 6) is 0.514. The van der Waals surface area contributed by atoms with E-state index in [1.807, 2.05) is 24.4 Å². The molecule has 3 fully saturated rings. The Morgan fingerprint density at radius 2 is 1.59 bits per heavy atom. The summed E-state index contributed by atoms with van der Waals surface area (Å²) in [5, 5.41) is 0. The highest BCUT2D eigenvalue weighted by molar-refractivity contribution is 6.06. The number of pyridine rings is 1. The van der Waals surface area contributed by atoms with E-state index in [0.29, 0.717) is 13.0 Å². The highest BCUT2D eigenvalue weighted by Gasteiger charge is 2.59. The van der Waals surface area contributed by atoms with Crippen molar-refractivity contribution < 1.29 is 19.1 Å². The zero-order valence-corrected chi connectivity index (χ0v) is 23.4. The van der Waals surface area contributed by atoms with Gasteiger partial charge in [0.25, 0.3) is 0 Å². The first kappa shape index (κ1) is 27.8. The van der Waals surface area contributed by atoms with Gasteiger partial charge in [0.1, 0.15) is 11.9 Å². The van der Waals surface area contributed by atoms with Gasteiger partial charge in [-0.1, -0.05) is 63.7 Å². The molecule has 4 aliphatic rings. The predicted molar refractivity (Wildman–Crippen MR) is 150 cm³/mol. The maximum absolute atomic E-state index is 13.3. The highest BCUT2D eigenvalue weighted by atomic mass is 16.5. The van der Waals surface area contributed by atoms with Crippen LogP contribution >= 0.6 is 0 Å². The molecule has 2 aliphatic carbocycles. The van der Waals surface area contributed by atoms with Gasteiger partial charge in [0.2, 0.25) is 11.8 Å². The molecular formula is C31H44N4O4. The fraction of sp³-hybridized carbons (Fsp3) is 0.677. The third-order valence-electron chi connectivity index (χ3n) is 9.04. The summed E-state index contributed by atoms with van der Waals surface area (Å²) in [6.07, 6.45) is 14.8. The number of piperazine rings is 1. The van der Waals surface area contributed by atoms with Crippen LogP contribution in [0.2, 0.25) is 0 Å². The number of nitrogens with zero attached hydrogens (tertiary/aromatic N) is 4. The minimum atomic E-state index is -0.513. The number of anilines is 1. The number of rotatable bonds is 14. The van der Waals surface area contributed by atoms with E-state index in [2.05, 4.69) is 33.9 Å². The molecule has 1 saturated carbocycles. The number of imide groups is 1. The second-order valence-corrected chi connectivity index (χ2v) is 11.7. The number of likely N-dealkylation sites (tertiary alicyclic amines) is 1. The third-order valence-corrected chi connectivity index (χ3v) is 9.04. The minimum absolute atomic E-state index is 0.0741. The molecule has 0 spiro atoms. The van der Waals surface area contributed by atoms with Gasteiger partial charge in [-0.2, -0.15) is 0 Å². The van der Waals surface area contributed by atoms with Crippen molar-refractivity contribution in [2.45, 2.75) is 70.8 Å². The summed E-state index contributed by atoms with van der Waals surface area (Å²) in [6.45, 7) is 6.17. The quantitative estimate of drug-likeness (QED) is 0.153. The average Bonchev–Trinajstić information content (AvgIpc) is 3.64. The SMILES string of the molecule is CCCCCCCCCC(=O)OC(CN1CCN(c2ccccn2)CC1)CN1C(=O)C2C3C=C[C@@H](C3)[C@@H]2C1=O. The summed E-state index contributed by atoms with van der Waals surface area (Å²) in [6, 6.07) is 5.94. The van der Waals surface area contributed by atoms with E-state index in [4.69, 9.17) is 4.74 Å². The topological polar surface area (TPSA) is 83.1 Å². The zero-order chi connectivity index (χ0) is 27.2. The smallest absolute Gasteiger partial charge is 0.306 e. The van der Waals surface area contributed by atoms with E-state index in [9.17, 15) is 14.4 Å². The molecule has 1 aromatic heterocycles. The first-order valence-electron chi connectivity index (χ1n) is 15.2. The van der Waals surface area contributed by atoms with Crippen molar-refractivity contribution >= 4 is 23.6 Å². The van der Waals surface area contributed by atoms with Crippen LogP contribution < -0.4 is 4.90 Å². The predicted octanol–water partition coefficient (Wildman–Crippen LogP) is 4.06. The lowest BCUT2D eigenvalue weighted by atomic mass is 9.85. The molecule has 1 aromatic rings. The number of carbonyl (C=O) groups excluding carboxylic acids is 3. The highest BCUT2D eigenvalue weighted by Crippen LogP contribution is 2.52. The molecule has 0 N–H and O–H groups in total. The largest absolute Gasteiger partial charge is 0.459 e. The second kappa shape index (κ2) is 13.1. The normalized spacial score (nSPS) is 26.9. The molecule has 39 heavy (non-hydrogen) atoms. The van der Waals surface area contributed by atoms with Crippen molar-refractivity contribution in [1.82, 2.24) is 14.8 Å². The second-order valence-electron chi connectivity index (χ2n) is 11.7. The van der Waals surface area contributed by atoms with Gasteiger partial charge in [-0.05, 0) is 36.8 Å². The van der Waals surface area contributed by atoms with E-state index < -0.39 is 6.10 Å². The van der Waals surface area contributed by atoms with Crippen LogP contribution in [0.25, 0.3) is 0 Å². The lowest BCUT2D eigenvalue weighted by Crippen LogP contribution is -2.51. The van der Waals surface area contributed by atoms with E-state index in [0.717, 1.165) is 57.7 Å². The monoisotopic (exact) mass is 536 g/mol. The van der Waals surface area contributed by atoms with Crippen LogP contribution in [0.1, 0.15) is 64.7 Å². The number of hydrogen-bond acceptors (Lipinski definition) is 7. The Labute approximate surface area is 232 Å². The number of ether oxygens (including phenoxy) is 1. The van der Waals surface area contributed by atoms with Crippen molar-refractivity contribution in [2.75, 3.05) is 44.2 Å². The van der Waals surface area contributed by atoms with Crippen molar-refractivity contribution in [2.24, 2.45) is 23.7 Å². The minimum Gasteiger partial charge on any atom is -0.459 e. The van der Waals surface area contributed by atoms with Crippen molar-refractivity contribution in [3.8, 4) is 0 Å². The molecule has 2 saturated heterocycles. The first-order chi connectivity index (χ1) is 19.0. The summed E-state index contributed by atoms with van der Waals surface area (Å²) in [5.41, 5.74) is 0. The average molecular weight is 537 g/mol. The molecular weight excluding hydrogens is 492 g/mol. The molecule has 3 unspecified atom stereocenters. The number of fused-ring (bicyclic) bond motifs is 5. The van der Waals surface area contributed by atoms with Gasteiger partial charge in [0.15, 0.2) is 0 Å². The number of carbonyl (C=O) groups is 3. The lowest BCUT2D eigenvalue weighted by Gasteiger charge is -2.37. The number of aromatic nitrogens is 1. The Bertz CT molecular complexity index is 993. The number of amides is 2. The van der Waals surface area contributed by atoms with E-state index in [1.54, 1.807) is 0 Å². The molecule has 212 valence electrons. The van der Waals surface area contributed by atoms with Crippen molar-refractivity contribution in [1.29, 1.82) is 0 Å². The zero-order valence-electron chi connectivity index (χ0n) is 23.4. The number of allylic oxidation sites excluding steroid dienone is 2. The Hall–Kier alpha value is -2.74. The van der Waals surface area contributed by atoms with Gasteiger partial charge in [-0.3, -0.25) is 24.2 Å². The van der Waals surface area contributed by atoms with Crippen molar-refractivity contribution in [3.05, 3.63) is 36.5 Å². The number of esters is 1. The standard InChI is InChI=1S/C31H44N4O4/c1-2-3-4-5-6-7-8-12-27(36)39-25(21-33-16-18-34(19-17-33)26-11-9-10-15-32-26)22-35-30(37)28-23-13-14-24(20-23)29(28)31(35)38/h9-11,13-15,23-25,28-29H,2-8,12,16-22H2,1H3/t23-,24?,25?,28-,29?/m0/s1. The molecule has 5 atom stereocenters. The molecule has 2 aliphatic heterocycles. The molecule has 0 aromatic carbocycles. The fourth-order valence-corrected chi connectivity index (χ4v) is 6.94. The van der Waals surface area contributed by atoms with Crippen LogP contribution in [-0.4, -0.2) is 77.9 Å². The summed E-state index contributed by atoms with van der Waals surface area (Å²) in [7, 11) is 0. The van der Waals surface area contributed by atoms with E-state index in [1.165, 1.54) is 30.6 Å². The van der Waals surface area contributed by atoms with Gasteiger partial charge in [-0.25, -0.2) is 4.98 Å². The van der Waals surface area contributed by atoms with Crippen LogP contribution in [-0.2, 0) is 19.1 Å². The molecule has 0 radical (unpaired) electrons. The van der Waals surface area contributed by atoms with Crippen LogP contribution in [0.4, 0.5) is 5.82 Å². The maximum atomic E-state index is 13.3. The van der Waals surface area contributed by atoms with Crippen LogP contribution in [0.3, 0.4) is 0 Å². The van der Waals surface area contributed by atoms with Gasteiger partial charge in [0.05, 0.1) is 18.4 Å². The van der Waals surface area contributed by atoms with Gasteiger partial charge >= 0.3 is 5.97 Å². The van der Waals surface area contributed by atoms with E-state index >= 15 is 0 Å². The maximum Gasteiger partial charge on any atom is 0.306 e. The lowest BCUT2D eigenvalue weighted by molar-refractivity contribution is -0.155. The molecule has 3 heterocycles. The Kier molecular flexibility index (Phi) is 9.32. The van der Waals surface area contributed by atoms with Gasteiger partial charge in [0, 0.05) is 45.3 Å². The summed E-state index contributed by atoms with van der Waals surface area (Å²) >= 11 is 0. The molecule has 2 bridgehead atoms. The van der Waals surface area contributed by atoms with Crippen molar-refractivity contribution in [3.63, 3.8) is 0 Å². The van der Waals surface area contributed by atoms with Gasteiger partial charge in [-0.15, -0.1) is 0 Å². The molecule has 5 rings (SSSR count). The van der Waals surface area contributed by atoms with E-state index in [-0.39, 0.29) is 48.0 Å². The summed E-state index contributed by atoms with van der Waals surface area (Å²) < 4.78 is 5.99. The number of hydrogen-bond donors (Lipinski definition) is 0. The third kappa shape index (κ3) is 6.53. The van der Waals surface area contributed by atoms with Crippen LogP contribution in [0.15, 0.2) is 36.5 Å².